The van der Waals surface area contributed by atoms with Gasteiger partial charge in [-0.2, -0.15) is 13.2 Å². The average Bonchev–Trinajstić information content (AvgIpc) is 3.14. The Morgan fingerprint density at radius 2 is 1.73 bits per heavy atom. The molecule has 0 atom stereocenters. The number of hydrogen-bond donors (Lipinski definition) is 0. The molecule has 1 amide bonds. The molecule has 2 fully saturated rings. The standard InChI is InChI=1S/C19H22F4N2O/c20-17-7-5-14(13-16(17)19(21,22)23)6-8-18(26)25-11-9-24(10-12-25)15-3-1-2-4-15/h5-8,13,15H,1-4,9-12H2/b8-6+. The first-order valence-corrected chi connectivity index (χ1v) is 8.92. The second kappa shape index (κ2) is 7.78. The first kappa shape index (κ1) is 18.9. The first-order chi connectivity index (χ1) is 12.3. The first-order valence-electron chi connectivity index (χ1n) is 8.92. The molecule has 1 saturated heterocycles. The van der Waals surface area contributed by atoms with Gasteiger partial charge in [-0.3, -0.25) is 9.69 Å². The van der Waals surface area contributed by atoms with E-state index in [9.17, 15) is 22.4 Å². The van der Waals surface area contributed by atoms with Crippen molar-refractivity contribution in [2.45, 2.75) is 37.9 Å². The van der Waals surface area contributed by atoms with Gasteiger partial charge in [0.15, 0.2) is 0 Å². The third kappa shape index (κ3) is 4.44. The molecule has 142 valence electrons. The highest BCUT2D eigenvalue weighted by Crippen LogP contribution is 2.32. The fraction of sp³-hybridized carbons (Fsp3) is 0.526. The molecule has 1 aliphatic heterocycles. The van der Waals surface area contributed by atoms with Crippen LogP contribution in [0.15, 0.2) is 24.3 Å². The van der Waals surface area contributed by atoms with Crippen LogP contribution in [0.4, 0.5) is 17.6 Å². The number of carbonyl (C=O) groups excluding carboxylic acids is 1. The van der Waals surface area contributed by atoms with Crippen molar-refractivity contribution in [3.63, 3.8) is 0 Å². The summed E-state index contributed by atoms with van der Waals surface area (Å²) in [6.07, 6.45) is 2.79. The average molecular weight is 370 g/mol. The molecule has 0 N–H and O–H groups in total. The topological polar surface area (TPSA) is 23.6 Å². The zero-order valence-corrected chi connectivity index (χ0v) is 14.4. The fourth-order valence-corrected chi connectivity index (χ4v) is 3.71. The Kier molecular flexibility index (Phi) is 5.65. The third-order valence-corrected chi connectivity index (χ3v) is 5.18. The van der Waals surface area contributed by atoms with E-state index < -0.39 is 17.6 Å². The van der Waals surface area contributed by atoms with E-state index in [0.717, 1.165) is 25.2 Å². The monoisotopic (exact) mass is 370 g/mol. The largest absolute Gasteiger partial charge is 0.419 e. The Hall–Kier alpha value is -1.89. The number of carbonyl (C=O) groups is 1. The van der Waals surface area contributed by atoms with Crippen LogP contribution in [0, 0.1) is 5.82 Å². The van der Waals surface area contributed by atoms with E-state index in [1.807, 2.05) is 0 Å². The summed E-state index contributed by atoms with van der Waals surface area (Å²) in [6.45, 7) is 2.91. The molecule has 2 aliphatic rings. The minimum Gasteiger partial charge on any atom is -0.337 e. The predicted molar refractivity (Wildman–Crippen MR) is 90.8 cm³/mol. The van der Waals surface area contributed by atoms with Crippen molar-refractivity contribution in [3.05, 3.63) is 41.2 Å². The van der Waals surface area contributed by atoms with E-state index in [4.69, 9.17) is 0 Å². The second-order valence-electron chi connectivity index (χ2n) is 6.87. The van der Waals surface area contributed by atoms with E-state index in [1.165, 1.54) is 43.9 Å². The van der Waals surface area contributed by atoms with Crippen molar-refractivity contribution in [1.29, 1.82) is 0 Å². The van der Waals surface area contributed by atoms with Gasteiger partial charge in [0, 0.05) is 38.3 Å². The van der Waals surface area contributed by atoms with E-state index in [1.54, 1.807) is 4.90 Å². The summed E-state index contributed by atoms with van der Waals surface area (Å²) in [4.78, 5) is 16.4. The van der Waals surface area contributed by atoms with E-state index in [2.05, 4.69) is 4.90 Å². The van der Waals surface area contributed by atoms with Gasteiger partial charge in [0.25, 0.3) is 0 Å². The van der Waals surface area contributed by atoms with Gasteiger partial charge in [0.2, 0.25) is 5.91 Å². The zero-order chi connectivity index (χ0) is 18.7. The smallest absolute Gasteiger partial charge is 0.337 e. The maximum atomic E-state index is 13.3. The molecule has 1 heterocycles. The van der Waals surface area contributed by atoms with E-state index >= 15 is 0 Å². The van der Waals surface area contributed by atoms with Gasteiger partial charge in [-0.1, -0.05) is 18.9 Å². The second-order valence-corrected chi connectivity index (χ2v) is 6.87. The number of rotatable bonds is 3. The molecule has 1 aromatic rings. The van der Waals surface area contributed by atoms with Crippen molar-refractivity contribution in [1.82, 2.24) is 9.80 Å². The molecule has 0 bridgehead atoms. The minimum absolute atomic E-state index is 0.150. The van der Waals surface area contributed by atoms with E-state index in [-0.39, 0.29) is 11.5 Å². The zero-order valence-electron chi connectivity index (χ0n) is 14.4. The van der Waals surface area contributed by atoms with Crippen molar-refractivity contribution in [3.8, 4) is 0 Å². The van der Waals surface area contributed by atoms with Crippen molar-refractivity contribution in [2.24, 2.45) is 0 Å². The van der Waals surface area contributed by atoms with Crippen LogP contribution in [0.1, 0.15) is 36.8 Å². The molecule has 0 radical (unpaired) electrons. The van der Waals surface area contributed by atoms with Crippen LogP contribution in [0.5, 0.6) is 0 Å². The lowest BCUT2D eigenvalue weighted by Gasteiger charge is -2.37. The van der Waals surface area contributed by atoms with Gasteiger partial charge in [-0.05, 0) is 36.6 Å². The molecule has 1 aromatic carbocycles. The lowest BCUT2D eigenvalue weighted by molar-refractivity contribution is -0.140. The molecule has 1 aliphatic carbocycles. The van der Waals surface area contributed by atoms with Gasteiger partial charge in [-0.25, -0.2) is 4.39 Å². The van der Waals surface area contributed by atoms with Crippen LogP contribution >= 0.6 is 0 Å². The van der Waals surface area contributed by atoms with Crippen LogP contribution in [0.2, 0.25) is 0 Å². The van der Waals surface area contributed by atoms with Gasteiger partial charge in [0.05, 0.1) is 5.56 Å². The molecule has 0 unspecified atom stereocenters. The quantitative estimate of drug-likeness (QED) is 0.594. The highest BCUT2D eigenvalue weighted by molar-refractivity contribution is 5.91. The van der Waals surface area contributed by atoms with Crippen molar-refractivity contribution in [2.75, 3.05) is 26.2 Å². The van der Waals surface area contributed by atoms with Crippen LogP contribution in [-0.4, -0.2) is 47.9 Å². The Morgan fingerprint density at radius 1 is 1.08 bits per heavy atom. The summed E-state index contributed by atoms with van der Waals surface area (Å²) < 4.78 is 51.5. The van der Waals surface area contributed by atoms with Crippen LogP contribution in [0.3, 0.4) is 0 Å². The third-order valence-electron chi connectivity index (χ3n) is 5.18. The van der Waals surface area contributed by atoms with Gasteiger partial charge >= 0.3 is 6.18 Å². The highest BCUT2D eigenvalue weighted by Gasteiger charge is 2.34. The summed E-state index contributed by atoms with van der Waals surface area (Å²) in [7, 11) is 0. The number of piperazine rings is 1. The molecule has 1 saturated carbocycles. The predicted octanol–water partition coefficient (Wildman–Crippen LogP) is 3.94. The summed E-state index contributed by atoms with van der Waals surface area (Å²) >= 11 is 0. The van der Waals surface area contributed by atoms with Crippen LogP contribution < -0.4 is 0 Å². The lowest BCUT2D eigenvalue weighted by atomic mass is 10.1. The highest BCUT2D eigenvalue weighted by atomic mass is 19.4. The molecule has 3 rings (SSSR count). The molecule has 0 aromatic heterocycles. The van der Waals surface area contributed by atoms with E-state index in [0.29, 0.717) is 19.1 Å². The number of nitrogens with zero attached hydrogens (tertiary/aromatic N) is 2. The van der Waals surface area contributed by atoms with Gasteiger partial charge in [-0.15, -0.1) is 0 Å². The Morgan fingerprint density at radius 3 is 2.35 bits per heavy atom. The molecule has 7 heteroatoms. The lowest BCUT2D eigenvalue weighted by Crippen LogP contribution is -2.51. The normalized spacial score (nSPS) is 20.2. The molecular weight excluding hydrogens is 348 g/mol. The van der Waals surface area contributed by atoms with Gasteiger partial charge < -0.3 is 4.90 Å². The number of alkyl halides is 3. The maximum Gasteiger partial charge on any atom is 0.419 e. The summed E-state index contributed by atoms with van der Waals surface area (Å²) in [5, 5.41) is 0. The van der Waals surface area contributed by atoms with Gasteiger partial charge in [0.1, 0.15) is 5.82 Å². The Bertz CT molecular complexity index is 673. The Balaban J connectivity index is 1.58. The van der Waals surface area contributed by atoms with Crippen LogP contribution in [0.25, 0.3) is 6.08 Å². The molecule has 26 heavy (non-hydrogen) atoms. The van der Waals surface area contributed by atoms with Crippen molar-refractivity contribution < 1.29 is 22.4 Å². The summed E-state index contributed by atoms with van der Waals surface area (Å²) in [6, 6.07) is 3.35. The SMILES string of the molecule is O=C(/C=C/c1ccc(F)c(C(F)(F)F)c1)N1CCN(C2CCCC2)CC1. The number of halogens is 4. The molecular formula is C19H22F4N2O. The number of amides is 1. The summed E-state index contributed by atoms with van der Waals surface area (Å²) in [5.74, 6) is -1.54. The Labute approximate surface area is 150 Å². The minimum atomic E-state index is -4.76. The number of benzene rings is 1. The molecule has 3 nitrogen and oxygen atoms in total. The fourth-order valence-electron chi connectivity index (χ4n) is 3.71. The summed E-state index contributed by atoms with van der Waals surface area (Å²) in [5.41, 5.74) is -1.17. The number of hydrogen-bond acceptors (Lipinski definition) is 2. The maximum absolute atomic E-state index is 13.3. The molecule has 0 spiro atoms. The van der Waals surface area contributed by atoms with Crippen molar-refractivity contribution >= 4 is 12.0 Å². The van der Waals surface area contributed by atoms with Crippen LogP contribution in [-0.2, 0) is 11.0 Å².